The van der Waals surface area contributed by atoms with E-state index in [1.54, 1.807) is 6.07 Å². The van der Waals surface area contributed by atoms with Crippen molar-refractivity contribution in [2.45, 2.75) is 26.3 Å². The van der Waals surface area contributed by atoms with Crippen molar-refractivity contribution in [2.75, 3.05) is 0 Å². The van der Waals surface area contributed by atoms with Gasteiger partial charge in [0.15, 0.2) is 0 Å². The van der Waals surface area contributed by atoms with Crippen LogP contribution in [0.1, 0.15) is 31.1 Å². The fourth-order valence-electron chi connectivity index (χ4n) is 1.08. The summed E-state index contributed by atoms with van der Waals surface area (Å²) in [7, 11) is 0. The van der Waals surface area contributed by atoms with Gasteiger partial charge in [-0.25, -0.2) is 0 Å². The molecule has 0 bridgehead atoms. The van der Waals surface area contributed by atoms with Crippen LogP contribution >= 0.6 is 31.9 Å². The highest BCUT2D eigenvalue weighted by molar-refractivity contribution is 9.11. The third-order valence-corrected chi connectivity index (χ3v) is 2.81. The third kappa shape index (κ3) is 3.95. The maximum Gasteiger partial charge on any atom is 0.252 e. The van der Waals surface area contributed by atoms with Crippen LogP contribution in [0.15, 0.2) is 27.1 Å². The number of benzene rings is 1. The Labute approximate surface area is 107 Å². The van der Waals surface area contributed by atoms with Gasteiger partial charge in [0.25, 0.3) is 5.91 Å². The number of rotatable bonds is 1. The highest BCUT2D eigenvalue weighted by Gasteiger charge is 2.17. The summed E-state index contributed by atoms with van der Waals surface area (Å²) >= 11 is 6.71. The van der Waals surface area contributed by atoms with Crippen LogP contribution in [-0.4, -0.2) is 11.4 Å². The van der Waals surface area contributed by atoms with E-state index in [4.69, 9.17) is 0 Å². The topological polar surface area (TPSA) is 29.1 Å². The van der Waals surface area contributed by atoms with Gasteiger partial charge in [0.05, 0.1) is 5.56 Å². The minimum atomic E-state index is -0.219. The summed E-state index contributed by atoms with van der Waals surface area (Å²) in [5.74, 6) is -0.0677. The van der Waals surface area contributed by atoms with Crippen molar-refractivity contribution < 1.29 is 4.79 Å². The zero-order valence-corrected chi connectivity index (χ0v) is 12.1. The van der Waals surface area contributed by atoms with Gasteiger partial charge in [-0.3, -0.25) is 4.79 Å². The molecule has 2 nitrogen and oxygen atoms in total. The first-order valence-electron chi connectivity index (χ1n) is 4.57. The third-order valence-electron chi connectivity index (χ3n) is 1.66. The Balaban J connectivity index is 2.92. The molecule has 0 unspecified atom stereocenters. The van der Waals surface area contributed by atoms with Crippen LogP contribution in [0.25, 0.3) is 0 Å². The van der Waals surface area contributed by atoms with Crippen LogP contribution in [0, 0.1) is 0 Å². The highest BCUT2D eigenvalue weighted by Crippen LogP contribution is 2.22. The van der Waals surface area contributed by atoms with Gasteiger partial charge in [0.1, 0.15) is 0 Å². The molecule has 1 N–H and O–H groups in total. The van der Waals surface area contributed by atoms with E-state index < -0.39 is 0 Å². The van der Waals surface area contributed by atoms with Crippen molar-refractivity contribution in [3.8, 4) is 0 Å². The second-order valence-corrected chi connectivity index (χ2v) is 6.10. The smallest absolute Gasteiger partial charge is 0.252 e. The molecule has 82 valence electrons. The minimum absolute atomic E-state index is 0.0677. The molecule has 0 aliphatic heterocycles. The normalized spacial score (nSPS) is 11.3. The standard InChI is InChI=1S/C11H13Br2NO/c1-11(2,3)14-10(15)8-5-4-7(12)6-9(8)13/h4-6H,1-3H3,(H,14,15). The number of halogens is 2. The summed E-state index contributed by atoms with van der Waals surface area (Å²) in [6.45, 7) is 5.87. The summed E-state index contributed by atoms with van der Waals surface area (Å²) in [5, 5.41) is 2.91. The molecule has 1 amide bonds. The number of hydrogen-bond donors (Lipinski definition) is 1. The second kappa shape index (κ2) is 4.66. The molecule has 0 aliphatic rings. The van der Waals surface area contributed by atoms with E-state index in [1.807, 2.05) is 32.9 Å². The first kappa shape index (κ1) is 12.7. The molecule has 0 spiro atoms. The predicted octanol–water partition coefficient (Wildman–Crippen LogP) is 3.74. The minimum Gasteiger partial charge on any atom is -0.347 e. The fourth-order valence-corrected chi connectivity index (χ4v) is 2.31. The Bertz CT molecular complexity index is 383. The fraction of sp³-hybridized carbons (Fsp3) is 0.364. The number of hydrogen-bond acceptors (Lipinski definition) is 1. The van der Waals surface area contributed by atoms with E-state index in [0.717, 1.165) is 8.95 Å². The lowest BCUT2D eigenvalue weighted by molar-refractivity contribution is 0.0919. The van der Waals surface area contributed by atoms with Crippen LogP contribution in [0.3, 0.4) is 0 Å². The van der Waals surface area contributed by atoms with Crippen LogP contribution in [0.5, 0.6) is 0 Å². The molecule has 4 heteroatoms. The lowest BCUT2D eigenvalue weighted by Gasteiger charge is -2.20. The zero-order chi connectivity index (χ0) is 11.6. The van der Waals surface area contributed by atoms with Gasteiger partial charge in [-0.1, -0.05) is 15.9 Å². The molecule has 0 heterocycles. The number of amides is 1. The molecule has 1 aromatic rings. The van der Waals surface area contributed by atoms with Crippen molar-refractivity contribution in [1.29, 1.82) is 0 Å². The Morgan fingerprint density at radius 1 is 1.27 bits per heavy atom. The number of carbonyl (C=O) groups excluding carboxylic acids is 1. The van der Waals surface area contributed by atoms with Crippen LogP contribution in [0.4, 0.5) is 0 Å². The monoisotopic (exact) mass is 333 g/mol. The average molecular weight is 335 g/mol. The van der Waals surface area contributed by atoms with Gasteiger partial charge in [-0.15, -0.1) is 0 Å². The molecule has 0 saturated carbocycles. The summed E-state index contributed by atoms with van der Waals surface area (Å²) in [4.78, 5) is 11.8. The first-order valence-corrected chi connectivity index (χ1v) is 6.16. The molecule has 15 heavy (non-hydrogen) atoms. The van der Waals surface area contributed by atoms with Gasteiger partial charge in [0.2, 0.25) is 0 Å². The summed E-state index contributed by atoms with van der Waals surface area (Å²) in [6, 6.07) is 5.50. The second-order valence-electron chi connectivity index (χ2n) is 4.33. The van der Waals surface area contributed by atoms with Gasteiger partial charge < -0.3 is 5.32 Å². The Kier molecular flexibility index (Phi) is 3.95. The van der Waals surface area contributed by atoms with Crippen molar-refractivity contribution in [3.63, 3.8) is 0 Å². The van der Waals surface area contributed by atoms with E-state index in [9.17, 15) is 4.79 Å². The molecule has 0 aromatic heterocycles. The van der Waals surface area contributed by atoms with Gasteiger partial charge in [-0.2, -0.15) is 0 Å². The SMILES string of the molecule is CC(C)(C)NC(=O)c1ccc(Br)cc1Br. The maximum absolute atomic E-state index is 11.8. The summed E-state index contributed by atoms with van der Waals surface area (Å²) in [6.07, 6.45) is 0. The number of carbonyl (C=O) groups is 1. The molecular weight excluding hydrogens is 322 g/mol. The predicted molar refractivity (Wildman–Crippen MR) is 69.1 cm³/mol. The summed E-state index contributed by atoms with van der Waals surface area (Å²) in [5.41, 5.74) is 0.428. The lowest BCUT2D eigenvalue weighted by Crippen LogP contribution is -2.40. The zero-order valence-electron chi connectivity index (χ0n) is 8.90. The van der Waals surface area contributed by atoms with Crippen LogP contribution < -0.4 is 5.32 Å². The van der Waals surface area contributed by atoms with E-state index in [2.05, 4.69) is 37.2 Å². The maximum atomic E-state index is 11.8. The van der Waals surface area contributed by atoms with Crippen molar-refractivity contribution >= 4 is 37.8 Å². The van der Waals surface area contributed by atoms with Crippen LogP contribution in [0.2, 0.25) is 0 Å². The molecule has 1 aromatic carbocycles. The molecule has 0 radical (unpaired) electrons. The molecular formula is C11H13Br2NO. The molecule has 0 fully saturated rings. The van der Waals surface area contributed by atoms with Gasteiger partial charge >= 0.3 is 0 Å². The first-order chi connectivity index (χ1) is 6.79. The quantitative estimate of drug-likeness (QED) is 0.832. The summed E-state index contributed by atoms with van der Waals surface area (Å²) < 4.78 is 1.74. The van der Waals surface area contributed by atoms with E-state index >= 15 is 0 Å². The van der Waals surface area contributed by atoms with E-state index in [-0.39, 0.29) is 11.4 Å². The molecule has 0 atom stereocenters. The van der Waals surface area contributed by atoms with E-state index in [1.165, 1.54) is 0 Å². The molecule has 0 saturated heterocycles. The van der Waals surface area contributed by atoms with E-state index in [0.29, 0.717) is 5.56 Å². The number of nitrogens with one attached hydrogen (secondary N) is 1. The van der Waals surface area contributed by atoms with Crippen LogP contribution in [-0.2, 0) is 0 Å². The average Bonchev–Trinajstić information content (AvgIpc) is 1.99. The van der Waals surface area contributed by atoms with Gasteiger partial charge in [-0.05, 0) is 54.9 Å². The van der Waals surface area contributed by atoms with Crippen molar-refractivity contribution in [1.82, 2.24) is 5.32 Å². The lowest BCUT2D eigenvalue weighted by atomic mass is 10.1. The molecule has 1 rings (SSSR count). The van der Waals surface area contributed by atoms with Crippen molar-refractivity contribution in [2.24, 2.45) is 0 Å². The largest absolute Gasteiger partial charge is 0.347 e. The van der Waals surface area contributed by atoms with Gasteiger partial charge in [0, 0.05) is 14.5 Å². The molecule has 0 aliphatic carbocycles. The Morgan fingerprint density at radius 3 is 2.33 bits per heavy atom. The Morgan fingerprint density at radius 2 is 1.87 bits per heavy atom. The Hall–Kier alpha value is -0.350. The highest BCUT2D eigenvalue weighted by atomic mass is 79.9. The van der Waals surface area contributed by atoms with Crippen molar-refractivity contribution in [3.05, 3.63) is 32.7 Å².